The van der Waals surface area contributed by atoms with E-state index in [-0.39, 0.29) is 6.04 Å². The molecule has 20 heavy (non-hydrogen) atoms. The van der Waals surface area contributed by atoms with Crippen LogP contribution in [0.1, 0.15) is 54.5 Å². The third-order valence-corrected chi connectivity index (χ3v) is 4.55. The zero-order chi connectivity index (χ0) is 14.7. The van der Waals surface area contributed by atoms with Crippen LogP contribution in [0.15, 0.2) is 42.5 Å². The Labute approximate surface area is 126 Å². The van der Waals surface area contributed by atoms with E-state index in [9.17, 15) is 0 Å². The van der Waals surface area contributed by atoms with E-state index in [4.69, 9.17) is 17.3 Å². The molecule has 0 saturated carbocycles. The van der Waals surface area contributed by atoms with Crippen LogP contribution in [0.5, 0.6) is 0 Å². The van der Waals surface area contributed by atoms with Crippen molar-refractivity contribution >= 4 is 11.6 Å². The Balaban J connectivity index is 2.29. The predicted octanol–water partition coefficient (Wildman–Crippen LogP) is 5.21. The average molecular weight is 288 g/mol. The molecule has 2 N–H and O–H groups in total. The smallest absolute Gasteiger partial charge is 0.0566 e. The van der Waals surface area contributed by atoms with E-state index in [0.717, 1.165) is 28.1 Å². The summed E-state index contributed by atoms with van der Waals surface area (Å²) in [5.74, 6) is 0.586. The van der Waals surface area contributed by atoms with E-state index in [2.05, 4.69) is 38.1 Å². The van der Waals surface area contributed by atoms with Gasteiger partial charge in [-0.3, -0.25) is 0 Å². The van der Waals surface area contributed by atoms with Gasteiger partial charge in [-0.2, -0.15) is 0 Å². The van der Waals surface area contributed by atoms with Gasteiger partial charge >= 0.3 is 0 Å². The number of benzene rings is 2. The van der Waals surface area contributed by atoms with E-state index in [1.54, 1.807) is 0 Å². The van der Waals surface area contributed by atoms with E-state index in [0.29, 0.717) is 5.92 Å². The van der Waals surface area contributed by atoms with Gasteiger partial charge in [-0.05, 0) is 41.5 Å². The zero-order valence-corrected chi connectivity index (χ0v) is 13.1. The highest BCUT2D eigenvalue weighted by atomic mass is 35.5. The van der Waals surface area contributed by atoms with Crippen molar-refractivity contribution < 1.29 is 0 Å². The fourth-order valence-corrected chi connectivity index (χ4v) is 2.60. The van der Waals surface area contributed by atoms with Crippen molar-refractivity contribution in [3.05, 3.63) is 69.7 Å². The summed E-state index contributed by atoms with van der Waals surface area (Å²) in [5.41, 5.74) is 10.9. The van der Waals surface area contributed by atoms with Crippen LogP contribution in [0.2, 0.25) is 5.02 Å². The predicted molar refractivity (Wildman–Crippen MR) is 87.4 cm³/mol. The lowest BCUT2D eigenvalue weighted by atomic mass is 9.93. The molecule has 0 amide bonds. The summed E-state index contributed by atoms with van der Waals surface area (Å²) >= 11 is 6.36. The number of rotatable bonds is 4. The molecule has 2 unspecified atom stereocenters. The molecule has 0 radical (unpaired) electrons. The first kappa shape index (κ1) is 15.1. The third-order valence-electron chi connectivity index (χ3n) is 4.03. The van der Waals surface area contributed by atoms with Crippen molar-refractivity contribution in [2.75, 3.05) is 0 Å². The molecule has 0 aliphatic rings. The molecular weight excluding hydrogens is 266 g/mol. The van der Waals surface area contributed by atoms with Crippen LogP contribution >= 0.6 is 11.6 Å². The zero-order valence-electron chi connectivity index (χ0n) is 12.4. The summed E-state index contributed by atoms with van der Waals surface area (Å²) in [6.45, 7) is 6.45. The largest absolute Gasteiger partial charge is 0.320 e. The van der Waals surface area contributed by atoms with E-state index in [1.807, 2.05) is 25.1 Å². The lowest BCUT2D eigenvalue weighted by Gasteiger charge is -2.17. The van der Waals surface area contributed by atoms with E-state index < -0.39 is 0 Å². The van der Waals surface area contributed by atoms with Gasteiger partial charge in [0.1, 0.15) is 0 Å². The maximum atomic E-state index is 6.36. The van der Waals surface area contributed by atoms with Gasteiger partial charge in [-0.1, -0.05) is 67.9 Å². The molecule has 2 rings (SSSR count). The SMILES string of the molecule is CCC(C)c1ccc(C(N)c2cccc(C)c2Cl)cc1. The van der Waals surface area contributed by atoms with Crippen LogP contribution < -0.4 is 5.73 Å². The highest BCUT2D eigenvalue weighted by Gasteiger charge is 2.14. The molecular formula is C18H22ClN. The summed E-state index contributed by atoms with van der Waals surface area (Å²) in [5, 5.41) is 0.769. The normalized spacial score (nSPS) is 14.1. The van der Waals surface area contributed by atoms with Crippen LogP contribution in [-0.2, 0) is 0 Å². The lowest BCUT2D eigenvalue weighted by Crippen LogP contribution is -2.12. The number of aryl methyl sites for hydroxylation is 1. The number of hydrogen-bond acceptors (Lipinski definition) is 1. The average Bonchev–Trinajstić information content (AvgIpc) is 2.48. The molecule has 2 heteroatoms. The van der Waals surface area contributed by atoms with Crippen molar-refractivity contribution in [1.82, 2.24) is 0 Å². The number of nitrogens with two attached hydrogens (primary N) is 1. The molecule has 0 spiro atoms. The molecule has 0 saturated heterocycles. The van der Waals surface area contributed by atoms with Crippen LogP contribution in [-0.4, -0.2) is 0 Å². The van der Waals surface area contributed by atoms with Crippen LogP contribution in [0, 0.1) is 6.92 Å². The molecule has 2 aromatic rings. The molecule has 2 atom stereocenters. The van der Waals surface area contributed by atoms with Gasteiger partial charge in [-0.25, -0.2) is 0 Å². The van der Waals surface area contributed by atoms with Gasteiger partial charge in [0.15, 0.2) is 0 Å². The van der Waals surface area contributed by atoms with Gasteiger partial charge in [-0.15, -0.1) is 0 Å². The molecule has 0 heterocycles. The van der Waals surface area contributed by atoms with Gasteiger partial charge in [0.25, 0.3) is 0 Å². The highest BCUT2D eigenvalue weighted by Crippen LogP contribution is 2.29. The fourth-order valence-electron chi connectivity index (χ4n) is 2.36. The molecule has 0 aliphatic carbocycles. The Hall–Kier alpha value is -1.31. The first-order valence-electron chi connectivity index (χ1n) is 7.15. The van der Waals surface area contributed by atoms with E-state index in [1.165, 1.54) is 5.56 Å². The van der Waals surface area contributed by atoms with Gasteiger partial charge in [0, 0.05) is 5.02 Å². The molecule has 1 nitrogen and oxygen atoms in total. The first-order valence-corrected chi connectivity index (χ1v) is 7.52. The van der Waals surface area contributed by atoms with Crippen LogP contribution in [0.3, 0.4) is 0 Å². The Morgan fingerprint density at radius 2 is 1.65 bits per heavy atom. The minimum Gasteiger partial charge on any atom is -0.320 e. The van der Waals surface area contributed by atoms with Gasteiger partial charge < -0.3 is 5.73 Å². The fraction of sp³-hybridized carbons (Fsp3) is 0.333. The maximum Gasteiger partial charge on any atom is 0.0566 e. The van der Waals surface area contributed by atoms with Gasteiger partial charge in [0.2, 0.25) is 0 Å². The molecule has 0 fully saturated rings. The Kier molecular flexibility index (Phi) is 4.85. The minimum absolute atomic E-state index is 0.173. The molecule has 2 aromatic carbocycles. The quantitative estimate of drug-likeness (QED) is 0.821. The Bertz CT molecular complexity index is 574. The van der Waals surface area contributed by atoms with E-state index >= 15 is 0 Å². The van der Waals surface area contributed by atoms with Crippen molar-refractivity contribution in [2.24, 2.45) is 5.73 Å². The van der Waals surface area contributed by atoms with Crippen molar-refractivity contribution in [1.29, 1.82) is 0 Å². The second-order valence-corrected chi connectivity index (χ2v) is 5.81. The number of hydrogen-bond donors (Lipinski definition) is 1. The Morgan fingerprint density at radius 3 is 2.25 bits per heavy atom. The standard InChI is InChI=1S/C18H22ClN/c1-4-12(2)14-8-10-15(11-9-14)18(20)16-7-5-6-13(3)17(16)19/h5-12,18H,4,20H2,1-3H3. The highest BCUT2D eigenvalue weighted by molar-refractivity contribution is 6.32. The molecule has 106 valence electrons. The molecule has 0 bridgehead atoms. The van der Waals surface area contributed by atoms with Crippen molar-refractivity contribution in [3.8, 4) is 0 Å². The second-order valence-electron chi connectivity index (χ2n) is 5.43. The van der Waals surface area contributed by atoms with Crippen molar-refractivity contribution in [2.45, 2.75) is 39.2 Å². The molecule has 0 aliphatic heterocycles. The third kappa shape index (κ3) is 3.05. The summed E-state index contributed by atoms with van der Waals surface area (Å²) < 4.78 is 0. The summed E-state index contributed by atoms with van der Waals surface area (Å²) in [4.78, 5) is 0. The lowest BCUT2D eigenvalue weighted by molar-refractivity contribution is 0.732. The number of halogens is 1. The summed E-state index contributed by atoms with van der Waals surface area (Å²) in [6, 6.07) is 14.4. The summed E-state index contributed by atoms with van der Waals surface area (Å²) in [6.07, 6.45) is 1.15. The monoisotopic (exact) mass is 287 g/mol. The second kappa shape index (κ2) is 6.43. The van der Waals surface area contributed by atoms with Crippen molar-refractivity contribution in [3.63, 3.8) is 0 Å². The topological polar surface area (TPSA) is 26.0 Å². The van der Waals surface area contributed by atoms with Crippen LogP contribution in [0.25, 0.3) is 0 Å². The Morgan fingerprint density at radius 1 is 1.05 bits per heavy atom. The summed E-state index contributed by atoms with van der Waals surface area (Å²) in [7, 11) is 0. The van der Waals surface area contributed by atoms with Crippen LogP contribution in [0.4, 0.5) is 0 Å². The minimum atomic E-state index is -0.173. The first-order chi connectivity index (χ1) is 9.54. The van der Waals surface area contributed by atoms with Gasteiger partial charge in [0.05, 0.1) is 6.04 Å². The maximum absolute atomic E-state index is 6.36. The molecule has 0 aromatic heterocycles.